The molecule has 0 spiro atoms. The summed E-state index contributed by atoms with van der Waals surface area (Å²) in [6.45, 7) is -1.06. The molecule has 0 saturated carbocycles. The zero-order valence-electron chi connectivity index (χ0n) is 27.9. The number of nitrogens with one attached hydrogen (secondary N) is 1. The summed E-state index contributed by atoms with van der Waals surface area (Å²) in [6.07, 6.45) is -4.48. The van der Waals surface area contributed by atoms with E-state index in [9.17, 15) is 28.6 Å². The maximum atomic E-state index is 13.5. The number of esters is 2. The summed E-state index contributed by atoms with van der Waals surface area (Å²) in [5.74, 6) is -1.85. The first-order valence-electron chi connectivity index (χ1n) is 16.3. The van der Waals surface area contributed by atoms with Crippen molar-refractivity contribution < 1.29 is 47.0 Å². The zero-order valence-corrected chi connectivity index (χ0v) is 28.8. The summed E-state index contributed by atoms with van der Waals surface area (Å²) in [5.41, 5.74) is 10.4. The van der Waals surface area contributed by atoms with Gasteiger partial charge in [0.05, 0.1) is 24.1 Å². The van der Waals surface area contributed by atoms with E-state index in [0.29, 0.717) is 0 Å². The van der Waals surface area contributed by atoms with Crippen LogP contribution in [-0.4, -0.2) is 88.5 Å². The molecule has 5 heterocycles. The van der Waals surface area contributed by atoms with Crippen molar-refractivity contribution in [2.45, 2.75) is 49.7 Å². The minimum atomic E-state index is -5.00. The van der Waals surface area contributed by atoms with Gasteiger partial charge in [0.15, 0.2) is 11.2 Å². The number of H-pyrrole nitrogens is 1. The number of aromatic nitrogens is 7. The SMILES string of the molecule is Nc1ncn([C@H]2C[C@H](OC(=O)c3ccccc3)[C@@H](COP(=O)(O)O[C@H]3C[C@H](n4cnc5c(=O)[nH]c(N)nc54)O[C@@H]3COC(=O)c3ccccc3)O2)c(=O)n1. The smallest absolute Gasteiger partial charge is 0.459 e. The van der Waals surface area contributed by atoms with Crippen LogP contribution >= 0.6 is 7.82 Å². The Balaban J connectivity index is 1.08. The lowest BCUT2D eigenvalue weighted by Gasteiger charge is -2.23. The molecular formula is C32H32N9O12P. The van der Waals surface area contributed by atoms with Gasteiger partial charge < -0.3 is 35.3 Å². The first-order chi connectivity index (χ1) is 25.9. The number of hydrogen-bond acceptors (Lipinski definition) is 17. The molecule has 54 heavy (non-hydrogen) atoms. The molecule has 7 rings (SSSR count). The number of imidazole rings is 1. The van der Waals surface area contributed by atoms with Crippen LogP contribution < -0.4 is 22.7 Å². The molecule has 7 atom stereocenters. The number of phosphoric ester groups is 1. The molecule has 0 bridgehead atoms. The van der Waals surface area contributed by atoms with Gasteiger partial charge in [-0.3, -0.25) is 28.0 Å². The Morgan fingerprint density at radius 2 is 1.46 bits per heavy atom. The second-order valence-corrected chi connectivity index (χ2v) is 13.5. The molecule has 2 aliphatic heterocycles. The van der Waals surface area contributed by atoms with Gasteiger partial charge >= 0.3 is 25.5 Å². The number of nitrogens with zero attached hydrogens (tertiary/aromatic N) is 6. The van der Waals surface area contributed by atoms with Crippen molar-refractivity contribution in [1.29, 1.82) is 0 Å². The average molecular weight is 766 g/mol. The van der Waals surface area contributed by atoms with Crippen molar-refractivity contribution >= 4 is 42.8 Å². The molecular weight excluding hydrogens is 733 g/mol. The lowest BCUT2D eigenvalue weighted by Crippen LogP contribution is -2.32. The van der Waals surface area contributed by atoms with E-state index in [1.807, 2.05) is 0 Å². The summed E-state index contributed by atoms with van der Waals surface area (Å²) in [5, 5.41) is 0. The minimum Gasteiger partial charge on any atom is -0.459 e. The molecule has 22 heteroatoms. The fourth-order valence-corrected chi connectivity index (χ4v) is 6.91. The number of anilines is 2. The number of rotatable bonds is 12. The fraction of sp³-hybridized carbons (Fsp3) is 0.312. The highest BCUT2D eigenvalue weighted by atomic mass is 31.2. The minimum absolute atomic E-state index is 0.0365. The monoisotopic (exact) mass is 765 g/mol. The van der Waals surface area contributed by atoms with Crippen LogP contribution in [0.1, 0.15) is 46.0 Å². The van der Waals surface area contributed by atoms with Crippen LogP contribution in [0.15, 0.2) is 82.9 Å². The molecule has 2 aromatic carbocycles. The molecule has 3 aromatic heterocycles. The van der Waals surface area contributed by atoms with Gasteiger partial charge in [0, 0.05) is 12.8 Å². The first kappa shape index (κ1) is 36.5. The summed E-state index contributed by atoms with van der Waals surface area (Å²) in [7, 11) is -5.00. The molecule has 5 aromatic rings. The van der Waals surface area contributed by atoms with Crippen molar-refractivity contribution in [3.8, 4) is 0 Å². The van der Waals surface area contributed by atoms with Crippen LogP contribution in [0.2, 0.25) is 0 Å². The van der Waals surface area contributed by atoms with E-state index in [1.54, 1.807) is 48.5 Å². The average Bonchev–Trinajstić information content (AvgIpc) is 3.87. The van der Waals surface area contributed by atoms with Crippen LogP contribution in [0.25, 0.3) is 11.2 Å². The largest absolute Gasteiger partial charge is 0.472 e. The van der Waals surface area contributed by atoms with Crippen molar-refractivity contribution in [3.05, 3.63) is 105 Å². The highest BCUT2D eigenvalue weighted by Gasteiger charge is 2.45. The maximum absolute atomic E-state index is 13.5. The van der Waals surface area contributed by atoms with Crippen LogP contribution in [0, 0.1) is 0 Å². The van der Waals surface area contributed by atoms with Gasteiger partial charge in [0.2, 0.25) is 11.9 Å². The van der Waals surface area contributed by atoms with Gasteiger partial charge in [-0.15, -0.1) is 0 Å². The van der Waals surface area contributed by atoms with E-state index in [-0.39, 0.29) is 47.0 Å². The molecule has 2 aliphatic rings. The number of hydrogen-bond donors (Lipinski definition) is 4. The summed E-state index contributed by atoms with van der Waals surface area (Å²) in [6, 6.07) is 16.2. The molecule has 0 radical (unpaired) electrons. The standard InChI is InChI=1S/C32H32N9O12P/c33-30-36-16-41(32(45)39-30)24-11-19(52-29(44)18-9-5-2-6-10-18)22(51-24)14-49-54(46,47)53-20-12-23(40-15-35-25-26(40)37-31(34)38-27(25)42)50-21(20)13-48-28(43)17-7-3-1-4-8-17/h1-10,15-16,19-24H,11-14H2,(H,46,47)(H2,33,39,45)(H3,34,37,38,42)/t19-,20-,21+,22+,23+,24+/m0/s1. The van der Waals surface area contributed by atoms with E-state index >= 15 is 0 Å². The third-order valence-electron chi connectivity index (χ3n) is 8.50. The number of aromatic amines is 1. The molecule has 2 saturated heterocycles. The van der Waals surface area contributed by atoms with Gasteiger partial charge in [-0.25, -0.2) is 28.9 Å². The number of carbonyl (C=O) groups is 2. The predicted molar refractivity (Wildman–Crippen MR) is 183 cm³/mol. The van der Waals surface area contributed by atoms with Crippen molar-refractivity contribution in [2.24, 2.45) is 0 Å². The Bertz CT molecular complexity index is 2320. The molecule has 0 amide bonds. The molecule has 282 valence electrons. The van der Waals surface area contributed by atoms with Gasteiger partial charge in [0.25, 0.3) is 5.56 Å². The van der Waals surface area contributed by atoms with E-state index in [2.05, 4.69) is 24.9 Å². The fourth-order valence-electron chi connectivity index (χ4n) is 5.95. The third kappa shape index (κ3) is 8.05. The summed E-state index contributed by atoms with van der Waals surface area (Å²) < 4.78 is 50.1. The van der Waals surface area contributed by atoms with Crippen LogP contribution in [0.5, 0.6) is 0 Å². The van der Waals surface area contributed by atoms with Crippen LogP contribution in [-0.2, 0) is 32.6 Å². The Labute approximate surface area is 303 Å². The number of carbonyl (C=O) groups excluding carboxylic acids is 2. The topological polar surface area (TPSA) is 290 Å². The second kappa shape index (κ2) is 15.3. The first-order valence-corrected chi connectivity index (χ1v) is 17.8. The Morgan fingerprint density at radius 3 is 2.15 bits per heavy atom. The normalized spacial score (nSPS) is 23.6. The number of phosphoric acid groups is 1. The Morgan fingerprint density at radius 1 is 0.852 bits per heavy atom. The number of ether oxygens (including phenoxy) is 4. The number of benzene rings is 2. The second-order valence-electron chi connectivity index (χ2n) is 12.1. The Kier molecular flexibility index (Phi) is 10.3. The highest BCUT2D eigenvalue weighted by Crippen LogP contribution is 2.49. The Hall–Kier alpha value is -5.83. The summed E-state index contributed by atoms with van der Waals surface area (Å²) >= 11 is 0. The number of nitrogens with two attached hydrogens (primary N) is 2. The highest BCUT2D eigenvalue weighted by molar-refractivity contribution is 7.47. The molecule has 0 aliphatic carbocycles. The van der Waals surface area contributed by atoms with Crippen molar-refractivity contribution in [1.82, 2.24) is 34.1 Å². The quantitative estimate of drug-likeness (QED) is 0.102. The van der Waals surface area contributed by atoms with Crippen LogP contribution in [0.3, 0.4) is 0 Å². The van der Waals surface area contributed by atoms with E-state index < -0.39 is 81.1 Å². The summed E-state index contributed by atoms with van der Waals surface area (Å²) in [4.78, 5) is 79.6. The third-order valence-corrected chi connectivity index (χ3v) is 9.52. The lowest BCUT2D eigenvalue weighted by molar-refractivity contribution is -0.0621. The zero-order chi connectivity index (χ0) is 38.0. The molecule has 2 fully saturated rings. The van der Waals surface area contributed by atoms with Crippen molar-refractivity contribution in [3.63, 3.8) is 0 Å². The number of fused-ring (bicyclic) bond motifs is 1. The van der Waals surface area contributed by atoms with Gasteiger partial charge in [0.1, 0.15) is 49.8 Å². The van der Waals surface area contributed by atoms with Gasteiger partial charge in [-0.2, -0.15) is 9.97 Å². The van der Waals surface area contributed by atoms with E-state index in [4.69, 9.17) is 39.5 Å². The lowest BCUT2D eigenvalue weighted by atomic mass is 10.1. The molecule has 6 N–H and O–H groups in total. The van der Waals surface area contributed by atoms with Crippen molar-refractivity contribution in [2.75, 3.05) is 24.7 Å². The van der Waals surface area contributed by atoms with E-state index in [0.717, 1.165) is 10.9 Å². The maximum Gasteiger partial charge on any atom is 0.472 e. The van der Waals surface area contributed by atoms with Gasteiger partial charge in [-0.1, -0.05) is 36.4 Å². The van der Waals surface area contributed by atoms with Crippen LogP contribution in [0.4, 0.5) is 11.9 Å². The molecule has 1 unspecified atom stereocenters. The number of nitrogen functional groups attached to an aromatic ring is 2. The molecule has 21 nitrogen and oxygen atoms in total. The van der Waals surface area contributed by atoms with E-state index in [1.165, 1.54) is 23.0 Å². The predicted octanol–water partition coefficient (Wildman–Crippen LogP) is 1.10. The van der Waals surface area contributed by atoms with Gasteiger partial charge in [-0.05, 0) is 24.3 Å².